The zero-order chi connectivity index (χ0) is 14.5. The zero-order valence-electron chi connectivity index (χ0n) is 11.1. The van der Waals surface area contributed by atoms with Gasteiger partial charge in [0.2, 0.25) is 0 Å². The fourth-order valence-corrected chi connectivity index (χ4v) is 1.94. The summed E-state index contributed by atoms with van der Waals surface area (Å²) < 4.78 is 28.4. The molecule has 1 heterocycles. The summed E-state index contributed by atoms with van der Waals surface area (Å²) in [6, 6.07) is 6.26. The number of hydrogen-bond donors (Lipinski definition) is 2. The largest absolute Gasteiger partial charge is 0.435 e. The molecular formula is C14H17F2N3O. The molecule has 1 atom stereocenters. The molecule has 0 fully saturated rings. The highest BCUT2D eigenvalue weighted by Crippen LogP contribution is 2.23. The number of nitrogens with one attached hydrogen (secondary N) is 1. The first-order valence-corrected chi connectivity index (χ1v) is 6.46. The molecule has 2 aromatic rings. The predicted octanol–water partition coefficient (Wildman–Crippen LogP) is 3.48. The maximum atomic E-state index is 12.1. The van der Waals surface area contributed by atoms with Gasteiger partial charge in [-0.3, -0.25) is 0 Å². The van der Waals surface area contributed by atoms with E-state index in [1.165, 1.54) is 12.1 Å². The Kier molecular flexibility index (Phi) is 4.68. The molecule has 3 N–H and O–H groups in total. The number of nitrogens with two attached hydrogens (primary N) is 1. The Bertz CT molecular complexity index is 540. The van der Waals surface area contributed by atoms with Crippen LogP contribution in [0.1, 0.15) is 31.6 Å². The SMILES string of the molecule is CCCC(N)c1ncc(-c2ccc(OC(F)F)cc2)[nH]1. The normalized spacial score (nSPS) is 12.7. The summed E-state index contributed by atoms with van der Waals surface area (Å²) in [6.45, 7) is -0.752. The van der Waals surface area contributed by atoms with Gasteiger partial charge >= 0.3 is 6.61 Å². The Hall–Kier alpha value is -1.95. The van der Waals surface area contributed by atoms with Gasteiger partial charge in [-0.1, -0.05) is 13.3 Å². The van der Waals surface area contributed by atoms with Gasteiger partial charge in [-0.05, 0) is 36.2 Å². The third-order valence-corrected chi connectivity index (χ3v) is 2.94. The molecule has 108 valence electrons. The Labute approximate surface area is 116 Å². The molecule has 0 aliphatic heterocycles. The Balaban J connectivity index is 2.11. The van der Waals surface area contributed by atoms with Crippen LogP contribution < -0.4 is 10.5 Å². The van der Waals surface area contributed by atoms with Crippen LogP contribution >= 0.6 is 0 Å². The summed E-state index contributed by atoms with van der Waals surface area (Å²) in [5.74, 6) is 0.862. The highest BCUT2D eigenvalue weighted by molar-refractivity contribution is 5.59. The highest BCUT2D eigenvalue weighted by atomic mass is 19.3. The summed E-state index contributed by atoms with van der Waals surface area (Å²) >= 11 is 0. The molecule has 0 saturated carbocycles. The first-order chi connectivity index (χ1) is 9.60. The quantitative estimate of drug-likeness (QED) is 0.852. The lowest BCUT2D eigenvalue weighted by Gasteiger charge is -2.06. The van der Waals surface area contributed by atoms with E-state index in [2.05, 4.69) is 21.6 Å². The zero-order valence-corrected chi connectivity index (χ0v) is 11.1. The van der Waals surface area contributed by atoms with Crippen LogP contribution in [0.5, 0.6) is 5.75 Å². The van der Waals surface area contributed by atoms with Crippen molar-refractivity contribution in [3.8, 4) is 17.0 Å². The van der Waals surface area contributed by atoms with Crippen molar-refractivity contribution in [2.75, 3.05) is 0 Å². The lowest BCUT2D eigenvalue weighted by atomic mass is 10.1. The Morgan fingerprint density at radius 1 is 1.30 bits per heavy atom. The molecule has 0 radical (unpaired) electrons. The number of imidazole rings is 1. The molecule has 0 aliphatic carbocycles. The summed E-state index contributed by atoms with van der Waals surface area (Å²) in [5, 5.41) is 0. The second-order valence-electron chi connectivity index (χ2n) is 4.48. The number of nitrogens with zero attached hydrogens (tertiary/aromatic N) is 1. The molecule has 2 rings (SSSR count). The van der Waals surface area contributed by atoms with Gasteiger partial charge in [0.1, 0.15) is 11.6 Å². The topological polar surface area (TPSA) is 63.9 Å². The standard InChI is InChI=1S/C14H17F2N3O/c1-2-3-11(17)13-18-8-12(19-13)9-4-6-10(7-5-9)20-14(15)16/h4-8,11,14H,2-3,17H2,1H3,(H,18,19). The molecule has 1 aromatic heterocycles. The van der Waals surface area contributed by atoms with Gasteiger partial charge < -0.3 is 15.5 Å². The van der Waals surface area contributed by atoms with Crippen LogP contribution in [0, 0.1) is 0 Å². The van der Waals surface area contributed by atoms with Gasteiger partial charge in [-0.25, -0.2) is 4.98 Å². The summed E-state index contributed by atoms with van der Waals surface area (Å²) in [4.78, 5) is 7.40. The lowest BCUT2D eigenvalue weighted by molar-refractivity contribution is -0.0498. The molecule has 4 nitrogen and oxygen atoms in total. The Morgan fingerprint density at radius 2 is 2.00 bits per heavy atom. The molecule has 20 heavy (non-hydrogen) atoms. The van der Waals surface area contributed by atoms with Crippen LogP contribution in [0.4, 0.5) is 8.78 Å². The van der Waals surface area contributed by atoms with Gasteiger partial charge in [0.25, 0.3) is 0 Å². The fourth-order valence-electron chi connectivity index (χ4n) is 1.94. The first kappa shape index (κ1) is 14.5. The van der Waals surface area contributed by atoms with Crippen LogP contribution in [0.2, 0.25) is 0 Å². The predicted molar refractivity (Wildman–Crippen MR) is 72.5 cm³/mol. The van der Waals surface area contributed by atoms with E-state index in [9.17, 15) is 8.78 Å². The van der Waals surface area contributed by atoms with Crippen LogP contribution in [0.25, 0.3) is 11.3 Å². The smallest absolute Gasteiger partial charge is 0.387 e. The lowest BCUT2D eigenvalue weighted by Crippen LogP contribution is -2.11. The molecular weight excluding hydrogens is 264 g/mol. The van der Waals surface area contributed by atoms with E-state index in [-0.39, 0.29) is 11.8 Å². The summed E-state index contributed by atoms with van der Waals surface area (Å²) in [5.41, 5.74) is 7.62. The minimum atomic E-state index is -2.81. The molecule has 0 saturated heterocycles. The van der Waals surface area contributed by atoms with Crippen molar-refractivity contribution in [3.05, 3.63) is 36.3 Å². The second-order valence-corrected chi connectivity index (χ2v) is 4.48. The van der Waals surface area contributed by atoms with Gasteiger partial charge in [0.15, 0.2) is 0 Å². The van der Waals surface area contributed by atoms with E-state index in [1.807, 2.05) is 0 Å². The number of alkyl halides is 2. The van der Waals surface area contributed by atoms with Crippen molar-refractivity contribution >= 4 is 0 Å². The molecule has 0 aliphatic rings. The van der Waals surface area contributed by atoms with Gasteiger partial charge in [0, 0.05) is 0 Å². The van der Waals surface area contributed by atoms with Gasteiger partial charge in [-0.15, -0.1) is 0 Å². The van der Waals surface area contributed by atoms with E-state index >= 15 is 0 Å². The maximum absolute atomic E-state index is 12.1. The van der Waals surface area contributed by atoms with E-state index in [1.54, 1.807) is 18.3 Å². The van der Waals surface area contributed by atoms with E-state index < -0.39 is 6.61 Å². The molecule has 1 unspecified atom stereocenters. The fraction of sp³-hybridized carbons (Fsp3) is 0.357. The van der Waals surface area contributed by atoms with Crippen molar-refractivity contribution in [2.45, 2.75) is 32.4 Å². The van der Waals surface area contributed by atoms with E-state index in [0.29, 0.717) is 0 Å². The number of rotatable bonds is 6. The molecule has 6 heteroatoms. The molecule has 0 bridgehead atoms. The second kappa shape index (κ2) is 6.47. The van der Waals surface area contributed by atoms with Crippen molar-refractivity contribution in [3.63, 3.8) is 0 Å². The number of aromatic amines is 1. The third-order valence-electron chi connectivity index (χ3n) is 2.94. The van der Waals surface area contributed by atoms with Crippen molar-refractivity contribution < 1.29 is 13.5 Å². The first-order valence-electron chi connectivity index (χ1n) is 6.46. The molecule has 0 spiro atoms. The van der Waals surface area contributed by atoms with Crippen molar-refractivity contribution in [2.24, 2.45) is 5.73 Å². The molecule has 0 amide bonds. The number of aromatic nitrogens is 2. The number of ether oxygens (including phenoxy) is 1. The number of H-pyrrole nitrogens is 1. The van der Waals surface area contributed by atoms with Crippen LogP contribution in [-0.2, 0) is 0 Å². The average molecular weight is 281 g/mol. The van der Waals surface area contributed by atoms with Crippen LogP contribution in [0.3, 0.4) is 0 Å². The average Bonchev–Trinajstić information content (AvgIpc) is 2.89. The van der Waals surface area contributed by atoms with E-state index in [0.717, 1.165) is 29.9 Å². The highest BCUT2D eigenvalue weighted by Gasteiger charge is 2.10. The van der Waals surface area contributed by atoms with Crippen LogP contribution in [0.15, 0.2) is 30.5 Å². The van der Waals surface area contributed by atoms with Gasteiger partial charge in [0.05, 0.1) is 17.9 Å². The van der Waals surface area contributed by atoms with Gasteiger partial charge in [-0.2, -0.15) is 8.78 Å². The maximum Gasteiger partial charge on any atom is 0.387 e. The molecule has 1 aromatic carbocycles. The minimum absolute atomic E-state index is 0.116. The number of benzene rings is 1. The third kappa shape index (κ3) is 3.54. The minimum Gasteiger partial charge on any atom is -0.435 e. The summed E-state index contributed by atoms with van der Waals surface area (Å²) in [7, 11) is 0. The van der Waals surface area contributed by atoms with Crippen LogP contribution in [-0.4, -0.2) is 16.6 Å². The Morgan fingerprint density at radius 3 is 2.60 bits per heavy atom. The van der Waals surface area contributed by atoms with Crippen molar-refractivity contribution in [1.82, 2.24) is 9.97 Å². The number of halogens is 2. The monoisotopic (exact) mass is 281 g/mol. The van der Waals surface area contributed by atoms with Crippen molar-refractivity contribution in [1.29, 1.82) is 0 Å². The summed E-state index contributed by atoms with van der Waals surface area (Å²) in [6.07, 6.45) is 3.53. The number of hydrogen-bond acceptors (Lipinski definition) is 3. The van der Waals surface area contributed by atoms with E-state index in [4.69, 9.17) is 5.73 Å².